The van der Waals surface area contributed by atoms with Crippen LogP contribution in [0.4, 0.5) is 4.79 Å². The average Bonchev–Trinajstić information content (AvgIpc) is 2.92. The van der Waals surface area contributed by atoms with Crippen LogP contribution in [0.5, 0.6) is 11.5 Å². The third-order valence-corrected chi connectivity index (χ3v) is 7.05. The van der Waals surface area contributed by atoms with E-state index in [4.69, 9.17) is 42.1 Å². The fraction of sp³-hybridized carbons (Fsp3) is 0.333. The maximum Gasteiger partial charge on any atom is 0.408 e. The number of aliphatic hydroxyl groups is 1. The minimum absolute atomic E-state index is 0.165. The highest BCUT2D eigenvalue weighted by molar-refractivity contribution is 9.10. The maximum atomic E-state index is 12.3. The van der Waals surface area contributed by atoms with E-state index in [2.05, 4.69) is 21.2 Å². The molecular weight excluding hydrogens is 637 g/mol. The molecule has 0 saturated carbocycles. The van der Waals surface area contributed by atoms with Crippen molar-refractivity contribution in [3.05, 3.63) is 91.9 Å². The number of benzene rings is 3. The topological polar surface area (TPSA) is 103 Å². The van der Waals surface area contributed by atoms with Crippen LogP contribution in [0.25, 0.3) is 0 Å². The first-order valence-corrected chi connectivity index (χ1v) is 14.2. The fourth-order valence-corrected chi connectivity index (χ4v) is 4.57. The molecule has 2 atom stereocenters. The predicted molar refractivity (Wildman–Crippen MR) is 161 cm³/mol. The van der Waals surface area contributed by atoms with Crippen LogP contribution in [-0.2, 0) is 27.3 Å². The average molecular weight is 669 g/mol. The van der Waals surface area contributed by atoms with Crippen molar-refractivity contribution in [2.75, 3.05) is 13.7 Å². The molecule has 0 bridgehead atoms. The smallest absolute Gasteiger partial charge is 0.408 e. The highest BCUT2D eigenvalue weighted by Gasteiger charge is 2.26. The molecule has 0 radical (unpaired) electrons. The molecule has 0 fully saturated rings. The van der Waals surface area contributed by atoms with E-state index in [1.165, 1.54) is 7.11 Å². The Morgan fingerprint density at radius 2 is 1.66 bits per heavy atom. The number of ether oxygens (including phenoxy) is 4. The Hall–Kier alpha value is -2.98. The molecule has 220 valence electrons. The summed E-state index contributed by atoms with van der Waals surface area (Å²) in [6.45, 7) is 5.26. The van der Waals surface area contributed by atoms with E-state index in [-0.39, 0.29) is 13.0 Å². The Labute approximate surface area is 258 Å². The normalized spacial score (nSPS) is 12.7. The third-order valence-electron chi connectivity index (χ3n) is 5.69. The number of esters is 1. The van der Waals surface area contributed by atoms with E-state index in [1.807, 2.05) is 18.2 Å². The van der Waals surface area contributed by atoms with Crippen molar-refractivity contribution < 1.29 is 33.6 Å². The van der Waals surface area contributed by atoms with E-state index < -0.39 is 29.8 Å². The standard InChI is InChI=1S/C30H32BrCl2NO7/c1-30(2,3)41-29(37)34-25(28(36)38-4)15-18-6-12-26(22(31)13-18)40-27(16-35)20-7-9-21(10-8-20)39-17-19-5-11-23(32)24(33)14-19/h5-14,25,27,35H,15-17H2,1-4H3,(H,34,37)/t25-,27?/m0/s1. The molecular formula is C30H32BrCl2NO7. The lowest BCUT2D eigenvalue weighted by atomic mass is 10.1. The summed E-state index contributed by atoms with van der Waals surface area (Å²) in [4.78, 5) is 24.5. The van der Waals surface area contributed by atoms with Gasteiger partial charge in [0, 0.05) is 6.42 Å². The molecule has 8 nitrogen and oxygen atoms in total. The van der Waals surface area contributed by atoms with Gasteiger partial charge in [-0.25, -0.2) is 9.59 Å². The van der Waals surface area contributed by atoms with Crippen LogP contribution in [-0.4, -0.2) is 42.5 Å². The molecule has 3 aromatic rings. The Morgan fingerprint density at radius 1 is 0.976 bits per heavy atom. The Balaban J connectivity index is 1.64. The number of carbonyl (C=O) groups excluding carboxylic acids is 2. The summed E-state index contributed by atoms with van der Waals surface area (Å²) in [6, 6.07) is 16.8. The molecule has 1 amide bonds. The van der Waals surface area contributed by atoms with Crippen LogP contribution in [0.2, 0.25) is 10.0 Å². The van der Waals surface area contributed by atoms with Crippen molar-refractivity contribution in [3.63, 3.8) is 0 Å². The van der Waals surface area contributed by atoms with Gasteiger partial charge in [-0.2, -0.15) is 0 Å². The van der Waals surface area contributed by atoms with Gasteiger partial charge in [0.2, 0.25) is 0 Å². The van der Waals surface area contributed by atoms with E-state index in [9.17, 15) is 14.7 Å². The molecule has 0 aromatic heterocycles. The number of alkyl carbamates (subject to hydrolysis) is 1. The second-order valence-electron chi connectivity index (χ2n) is 10.1. The first-order valence-electron chi connectivity index (χ1n) is 12.7. The lowest BCUT2D eigenvalue weighted by molar-refractivity contribution is -0.143. The van der Waals surface area contributed by atoms with E-state index in [1.54, 1.807) is 63.2 Å². The minimum atomic E-state index is -0.948. The number of nitrogens with one attached hydrogen (secondary N) is 1. The molecule has 3 aromatic carbocycles. The molecule has 0 aliphatic rings. The van der Waals surface area contributed by atoms with Crippen LogP contribution in [0.15, 0.2) is 65.1 Å². The van der Waals surface area contributed by atoms with Gasteiger partial charge in [-0.15, -0.1) is 0 Å². The quantitative estimate of drug-likeness (QED) is 0.211. The van der Waals surface area contributed by atoms with Crippen molar-refractivity contribution in [2.24, 2.45) is 0 Å². The summed E-state index contributed by atoms with van der Waals surface area (Å²) in [5.41, 5.74) is 1.65. The van der Waals surface area contributed by atoms with Gasteiger partial charge >= 0.3 is 12.1 Å². The molecule has 0 heterocycles. The molecule has 41 heavy (non-hydrogen) atoms. The molecule has 3 rings (SSSR count). The number of aliphatic hydroxyl groups excluding tert-OH is 1. The zero-order chi connectivity index (χ0) is 30.2. The lowest BCUT2D eigenvalue weighted by Crippen LogP contribution is -2.45. The van der Waals surface area contributed by atoms with Crippen molar-refractivity contribution in [1.82, 2.24) is 5.32 Å². The van der Waals surface area contributed by atoms with E-state index in [0.717, 1.165) is 16.7 Å². The van der Waals surface area contributed by atoms with Crippen molar-refractivity contribution in [3.8, 4) is 11.5 Å². The maximum absolute atomic E-state index is 12.3. The van der Waals surface area contributed by atoms with Crippen molar-refractivity contribution >= 4 is 51.2 Å². The highest BCUT2D eigenvalue weighted by atomic mass is 79.9. The second kappa shape index (κ2) is 14.8. The summed E-state index contributed by atoms with van der Waals surface area (Å²) in [5.74, 6) is 0.529. The van der Waals surface area contributed by atoms with Gasteiger partial charge in [-0.1, -0.05) is 47.5 Å². The summed E-state index contributed by atoms with van der Waals surface area (Å²) in [5, 5.41) is 13.5. The minimum Gasteiger partial charge on any atom is -0.489 e. The Bertz CT molecular complexity index is 1350. The van der Waals surface area contributed by atoms with Crippen LogP contribution in [0, 0.1) is 0 Å². The zero-order valence-corrected chi connectivity index (χ0v) is 26.2. The number of methoxy groups -OCH3 is 1. The molecule has 11 heteroatoms. The van der Waals surface area contributed by atoms with Crippen LogP contribution >= 0.6 is 39.1 Å². The first kappa shape index (κ1) is 32.5. The van der Waals surface area contributed by atoms with E-state index >= 15 is 0 Å². The van der Waals surface area contributed by atoms with Gasteiger partial charge in [0.25, 0.3) is 0 Å². The van der Waals surface area contributed by atoms with Gasteiger partial charge in [0.15, 0.2) is 0 Å². The van der Waals surface area contributed by atoms with Crippen LogP contribution < -0.4 is 14.8 Å². The SMILES string of the molecule is COC(=O)[C@H](Cc1ccc(OC(CO)c2ccc(OCc3ccc(Cl)c(Cl)c3)cc2)c(Br)c1)NC(=O)OC(C)(C)C. The molecule has 0 aliphatic heterocycles. The number of carbonyl (C=O) groups is 2. The van der Waals surface area contributed by atoms with Gasteiger partial charge in [-0.05, 0) is 89.8 Å². The molecule has 0 aliphatic carbocycles. The predicted octanol–water partition coefficient (Wildman–Crippen LogP) is 7.06. The number of hydrogen-bond acceptors (Lipinski definition) is 7. The fourth-order valence-electron chi connectivity index (χ4n) is 3.73. The van der Waals surface area contributed by atoms with Crippen LogP contribution in [0.3, 0.4) is 0 Å². The van der Waals surface area contributed by atoms with Crippen molar-refractivity contribution in [1.29, 1.82) is 0 Å². The molecule has 1 unspecified atom stereocenters. The molecule has 0 saturated heterocycles. The van der Waals surface area contributed by atoms with Crippen LogP contribution in [0.1, 0.15) is 43.6 Å². The first-order chi connectivity index (χ1) is 19.4. The third kappa shape index (κ3) is 10.1. The molecule has 2 N–H and O–H groups in total. The second-order valence-corrected chi connectivity index (χ2v) is 11.8. The number of halogens is 3. The summed E-state index contributed by atoms with van der Waals surface area (Å²) in [7, 11) is 1.25. The van der Waals surface area contributed by atoms with Gasteiger partial charge in [-0.3, -0.25) is 0 Å². The summed E-state index contributed by atoms with van der Waals surface area (Å²) >= 11 is 15.5. The van der Waals surface area contributed by atoms with Gasteiger partial charge < -0.3 is 29.4 Å². The Morgan fingerprint density at radius 3 is 2.24 bits per heavy atom. The highest BCUT2D eigenvalue weighted by Crippen LogP contribution is 2.31. The van der Waals surface area contributed by atoms with E-state index in [0.29, 0.717) is 32.6 Å². The summed E-state index contributed by atoms with van der Waals surface area (Å²) in [6.07, 6.45) is -1.20. The van der Waals surface area contributed by atoms with Gasteiger partial charge in [0.05, 0.1) is 28.2 Å². The lowest BCUT2D eigenvalue weighted by Gasteiger charge is -2.23. The zero-order valence-electron chi connectivity index (χ0n) is 23.1. The Kier molecular flexibility index (Phi) is 11.7. The number of rotatable bonds is 11. The molecule has 0 spiro atoms. The number of amides is 1. The van der Waals surface area contributed by atoms with Crippen molar-refractivity contribution in [2.45, 2.75) is 51.5 Å². The largest absolute Gasteiger partial charge is 0.489 e. The monoisotopic (exact) mass is 667 g/mol. The number of hydrogen-bond donors (Lipinski definition) is 2. The summed E-state index contributed by atoms with van der Waals surface area (Å²) < 4.78 is 22.6. The van der Waals surface area contributed by atoms with Gasteiger partial charge in [0.1, 0.15) is 35.9 Å².